The minimum atomic E-state index is -0.398. The number of piperidine rings is 1. The van der Waals surface area contributed by atoms with Crippen molar-refractivity contribution in [2.45, 2.75) is 26.7 Å². The van der Waals surface area contributed by atoms with E-state index in [-0.39, 0.29) is 5.91 Å². The molecular formula is C28H39N5O4. The molecule has 0 bridgehead atoms. The van der Waals surface area contributed by atoms with Crippen LogP contribution >= 0.6 is 0 Å². The molecule has 0 radical (unpaired) electrons. The molecule has 2 saturated heterocycles. The van der Waals surface area contributed by atoms with Crippen molar-refractivity contribution in [1.29, 1.82) is 0 Å². The molecule has 0 unspecified atom stereocenters. The number of nitrogens with one attached hydrogen (secondary N) is 3. The Hall–Kier alpha value is -3.30. The fourth-order valence-electron chi connectivity index (χ4n) is 4.70. The molecule has 3 N–H and O–H groups in total. The molecule has 37 heavy (non-hydrogen) atoms. The smallest absolute Gasteiger partial charge is 0.323 e. The van der Waals surface area contributed by atoms with E-state index in [1.165, 1.54) is 0 Å². The largest absolute Gasteiger partial charge is 0.492 e. The molecule has 0 atom stereocenters. The highest BCUT2D eigenvalue weighted by Gasteiger charge is 2.22. The Morgan fingerprint density at radius 1 is 1.03 bits per heavy atom. The summed E-state index contributed by atoms with van der Waals surface area (Å²) in [7, 11) is 0. The van der Waals surface area contributed by atoms with Crippen molar-refractivity contribution in [2.24, 2.45) is 5.92 Å². The Morgan fingerprint density at radius 2 is 1.78 bits per heavy atom. The summed E-state index contributed by atoms with van der Waals surface area (Å²) in [6.45, 7) is 11.1. The number of carbonyl (C=O) groups is 2. The van der Waals surface area contributed by atoms with Gasteiger partial charge in [-0.15, -0.1) is 0 Å². The first-order valence-corrected chi connectivity index (χ1v) is 13.3. The van der Waals surface area contributed by atoms with E-state index in [0.717, 1.165) is 64.5 Å². The summed E-state index contributed by atoms with van der Waals surface area (Å²) >= 11 is 0. The van der Waals surface area contributed by atoms with Crippen LogP contribution in [0, 0.1) is 5.92 Å². The van der Waals surface area contributed by atoms with E-state index in [4.69, 9.17) is 9.47 Å². The van der Waals surface area contributed by atoms with Crippen LogP contribution < -0.4 is 25.6 Å². The lowest BCUT2D eigenvalue weighted by atomic mass is 9.98. The number of amides is 3. The van der Waals surface area contributed by atoms with Gasteiger partial charge in [-0.2, -0.15) is 0 Å². The number of hydrogen-bond donors (Lipinski definition) is 3. The van der Waals surface area contributed by atoms with Crippen LogP contribution in [-0.4, -0.2) is 75.9 Å². The maximum Gasteiger partial charge on any atom is 0.323 e. The molecule has 2 aromatic rings. The number of carbonyl (C=O) groups excluding carboxylic acids is 2. The summed E-state index contributed by atoms with van der Waals surface area (Å²) in [5.74, 6) is 1.16. The van der Waals surface area contributed by atoms with Gasteiger partial charge in [-0.1, -0.05) is 19.1 Å². The van der Waals surface area contributed by atoms with Crippen LogP contribution in [0.3, 0.4) is 0 Å². The van der Waals surface area contributed by atoms with E-state index in [2.05, 4.69) is 32.7 Å². The average Bonchev–Trinajstić information content (AvgIpc) is 2.91. The lowest BCUT2D eigenvalue weighted by Gasteiger charge is -2.33. The molecular weight excluding hydrogens is 470 g/mol. The second-order valence-corrected chi connectivity index (χ2v) is 9.62. The van der Waals surface area contributed by atoms with Gasteiger partial charge in [0.15, 0.2) is 0 Å². The quantitative estimate of drug-likeness (QED) is 0.473. The predicted molar refractivity (Wildman–Crippen MR) is 147 cm³/mol. The highest BCUT2D eigenvalue weighted by atomic mass is 16.5. The zero-order valence-corrected chi connectivity index (χ0v) is 21.9. The van der Waals surface area contributed by atoms with Gasteiger partial charge >= 0.3 is 6.03 Å². The Balaban J connectivity index is 1.46. The van der Waals surface area contributed by atoms with Gasteiger partial charge < -0.3 is 30.3 Å². The molecule has 2 aromatic carbocycles. The summed E-state index contributed by atoms with van der Waals surface area (Å²) in [4.78, 5) is 30.7. The summed E-state index contributed by atoms with van der Waals surface area (Å²) in [6, 6.07) is 12.5. The van der Waals surface area contributed by atoms with Crippen LogP contribution in [-0.2, 0) is 4.74 Å². The molecule has 4 rings (SSSR count). The Bertz CT molecular complexity index is 1050. The highest BCUT2D eigenvalue weighted by Crippen LogP contribution is 2.29. The molecule has 2 aliphatic rings. The topological polar surface area (TPSA) is 95.2 Å². The number of rotatable bonds is 9. The number of hydrogen-bond acceptors (Lipinski definition) is 6. The summed E-state index contributed by atoms with van der Waals surface area (Å²) in [5.41, 5.74) is 2.62. The maximum atomic E-state index is 13.3. The molecule has 0 aromatic heterocycles. The van der Waals surface area contributed by atoms with Gasteiger partial charge in [-0.05, 0) is 56.0 Å². The standard InChI is InChI=1S/C28H39N5O4/c1-3-37-26-7-5-4-6-24(26)31-28(35)30-22-8-9-25(33-13-10-21(2)11-14-33)23(20-22)27(34)29-12-15-32-16-18-36-19-17-32/h4-9,20-21H,3,10-19H2,1-2H3,(H,29,34)(H2,30,31,35). The van der Waals surface area contributed by atoms with Crippen molar-refractivity contribution >= 4 is 29.0 Å². The number of ether oxygens (including phenoxy) is 2. The van der Waals surface area contributed by atoms with Crippen LogP contribution in [0.2, 0.25) is 0 Å². The zero-order chi connectivity index (χ0) is 26.0. The van der Waals surface area contributed by atoms with E-state index >= 15 is 0 Å². The van der Waals surface area contributed by atoms with Crippen LogP contribution in [0.15, 0.2) is 42.5 Å². The lowest BCUT2D eigenvalue weighted by molar-refractivity contribution is 0.0383. The number of nitrogens with zero attached hydrogens (tertiary/aromatic N) is 2. The molecule has 3 amide bonds. The number of anilines is 3. The number of urea groups is 1. The van der Waals surface area contributed by atoms with Gasteiger partial charge in [0, 0.05) is 50.6 Å². The lowest BCUT2D eigenvalue weighted by Crippen LogP contribution is -2.41. The molecule has 0 spiro atoms. The molecule has 9 heteroatoms. The van der Waals surface area contributed by atoms with Crippen molar-refractivity contribution in [1.82, 2.24) is 10.2 Å². The van der Waals surface area contributed by atoms with Gasteiger partial charge in [0.05, 0.1) is 31.1 Å². The summed E-state index contributed by atoms with van der Waals surface area (Å²) in [5, 5.41) is 8.80. The van der Waals surface area contributed by atoms with Crippen molar-refractivity contribution in [2.75, 3.05) is 74.6 Å². The van der Waals surface area contributed by atoms with E-state index in [0.29, 0.717) is 41.8 Å². The second kappa shape index (κ2) is 13.3. The first kappa shape index (κ1) is 26.8. The first-order valence-electron chi connectivity index (χ1n) is 13.3. The fourth-order valence-corrected chi connectivity index (χ4v) is 4.70. The molecule has 2 heterocycles. The minimum absolute atomic E-state index is 0.132. The van der Waals surface area contributed by atoms with Crippen LogP contribution in [0.4, 0.5) is 21.9 Å². The van der Waals surface area contributed by atoms with E-state index in [1.807, 2.05) is 37.3 Å². The average molecular weight is 510 g/mol. The zero-order valence-electron chi connectivity index (χ0n) is 21.9. The third kappa shape index (κ3) is 7.60. The van der Waals surface area contributed by atoms with Crippen molar-refractivity contribution in [3.63, 3.8) is 0 Å². The minimum Gasteiger partial charge on any atom is -0.492 e. The second-order valence-electron chi connectivity index (χ2n) is 9.62. The molecule has 9 nitrogen and oxygen atoms in total. The van der Waals surface area contributed by atoms with E-state index in [9.17, 15) is 9.59 Å². The number of benzene rings is 2. The molecule has 2 aliphatic heterocycles. The number of para-hydroxylation sites is 2. The first-order chi connectivity index (χ1) is 18.0. The number of morpholine rings is 1. The van der Waals surface area contributed by atoms with Crippen molar-refractivity contribution < 1.29 is 19.1 Å². The highest BCUT2D eigenvalue weighted by molar-refractivity contribution is 6.04. The SMILES string of the molecule is CCOc1ccccc1NC(=O)Nc1ccc(N2CCC(C)CC2)c(C(=O)NCCN2CCOCC2)c1. The van der Waals surface area contributed by atoms with E-state index in [1.54, 1.807) is 12.1 Å². The van der Waals surface area contributed by atoms with Gasteiger partial charge in [-0.25, -0.2) is 4.79 Å². The van der Waals surface area contributed by atoms with Crippen molar-refractivity contribution in [3.05, 3.63) is 48.0 Å². The Kier molecular flexibility index (Phi) is 9.62. The normalized spacial score (nSPS) is 16.8. The fraction of sp³-hybridized carbons (Fsp3) is 0.500. The molecule has 0 saturated carbocycles. The summed E-state index contributed by atoms with van der Waals surface area (Å²) < 4.78 is 11.0. The van der Waals surface area contributed by atoms with Gasteiger partial charge in [0.1, 0.15) is 5.75 Å². The van der Waals surface area contributed by atoms with Gasteiger partial charge in [-0.3, -0.25) is 9.69 Å². The van der Waals surface area contributed by atoms with Crippen molar-refractivity contribution in [3.8, 4) is 5.75 Å². The summed E-state index contributed by atoms with van der Waals surface area (Å²) in [6.07, 6.45) is 2.19. The van der Waals surface area contributed by atoms with E-state index < -0.39 is 6.03 Å². The van der Waals surface area contributed by atoms with Crippen LogP contribution in [0.5, 0.6) is 5.75 Å². The third-order valence-electron chi connectivity index (χ3n) is 6.88. The molecule has 2 fully saturated rings. The van der Waals surface area contributed by atoms with Crippen LogP contribution in [0.1, 0.15) is 37.0 Å². The monoisotopic (exact) mass is 509 g/mol. The Labute approximate surface area is 219 Å². The van der Waals surface area contributed by atoms with Gasteiger partial charge in [0.25, 0.3) is 5.91 Å². The van der Waals surface area contributed by atoms with Crippen LogP contribution in [0.25, 0.3) is 0 Å². The third-order valence-corrected chi connectivity index (χ3v) is 6.88. The maximum absolute atomic E-state index is 13.3. The molecule has 200 valence electrons. The predicted octanol–water partition coefficient (Wildman–Crippen LogP) is 4.03. The molecule has 0 aliphatic carbocycles. The van der Waals surface area contributed by atoms with Gasteiger partial charge in [0.2, 0.25) is 0 Å². The Morgan fingerprint density at radius 3 is 2.54 bits per heavy atom.